The van der Waals surface area contributed by atoms with E-state index in [-0.39, 0.29) is 22.3 Å². The van der Waals surface area contributed by atoms with Crippen LogP contribution in [0.3, 0.4) is 0 Å². The van der Waals surface area contributed by atoms with Crippen molar-refractivity contribution in [3.63, 3.8) is 0 Å². The van der Waals surface area contributed by atoms with E-state index in [0.717, 1.165) is 35.2 Å². The number of nitrogens with one attached hydrogen (secondary N) is 2. The van der Waals surface area contributed by atoms with Gasteiger partial charge in [-0.2, -0.15) is 31.4 Å². The van der Waals surface area contributed by atoms with Crippen molar-refractivity contribution in [2.24, 2.45) is 0 Å². The van der Waals surface area contributed by atoms with Gasteiger partial charge in [0, 0.05) is 30.9 Å². The Bertz CT molecular complexity index is 1570. The van der Waals surface area contributed by atoms with Crippen LogP contribution < -0.4 is 5.32 Å². The van der Waals surface area contributed by atoms with Crippen molar-refractivity contribution < 1.29 is 35.9 Å². The zero-order valence-corrected chi connectivity index (χ0v) is 22.0. The fraction of sp³-hybridized carbons (Fsp3) is 0.207. The molecule has 6 nitrogen and oxygen atoms in total. The molecule has 0 saturated heterocycles. The number of alkyl halides is 6. The highest BCUT2D eigenvalue weighted by atomic mass is 19.4. The highest BCUT2D eigenvalue weighted by molar-refractivity contribution is 6.04. The number of amides is 2. The second-order valence-electron chi connectivity index (χ2n) is 9.51. The summed E-state index contributed by atoms with van der Waals surface area (Å²) in [5, 5.41) is 9.29. The van der Waals surface area contributed by atoms with Gasteiger partial charge in [0.2, 0.25) is 5.91 Å². The summed E-state index contributed by atoms with van der Waals surface area (Å²) in [6.45, 7) is 1.76. The normalized spacial score (nSPS) is 12.6. The lowest BCUT2D eigenvalue weighted by Gasteiger charge is -2.24. The number of carbonyl (C=O) groups is 2. The van der Waals surface area contributed by atoms with Gasteiger partial charge >= 0.3 is 12.4 Å². The molecule has 0 aliphatic rings. The maximum absolute atomic E-state index is 13.8. The number of aryl methyl sites for hydroxylation is 1. The molecule has 0 saturated carbocycles. The van der Waals surface area contributed by atoms with Gasteiger partial charge < -0.3 is 10.2 Å². The second kappa shape index (κ2) is 11.1. The Morgan fingerprint density at radius 1 is 0.829 bits per heavy atom. The minimum atomic E-state index is -4.68. The third-order valence-electron chi connectivity index (χ3n) is 6.44. The monoisotopic (exact) mass is 574 g/mol. The van der Waals surface area contributed by atoms with Crippen molar-refractivity contribution >= 4 is 11.8 Å². The number of hydrogen-bond donors (Lipinski definition) is 2. The minimum Gasteiger partial charge on any atom is -0.347 e. The Morgan fingerprint density at radius 2 is 1.46 bits per heavy atom. The van der Waals surface area contributed by atoms with Crippen molar-refractivity contribution in [1.82, 2.24) is 20.4 Å². The lowest BCUT2D eigenvalue weighted by atomic mass is 9.93. The average molecular weight is 575 g/mol. The molecule has 4 aromatic rings. The third-order valence-corrected chi connectivity index (χ3v) is 6.44. The molecule has 41 heavy (non-hydrogen) atoms. The van der Waals surface area contributed by atoms with Crippen LogP contribution >= 0.6 is 0 Å². The molecule has 4 rings (SSSR count). The van der Waals surface area contributed by atoms with Crippen LogP contribution in [0.4, 0.5) is 26.3 Å². The fourth-order valence-electron chi connectivity index (χ4n) is 4.28. The van der Waals surface area contributed by atoms with Crippen molar-refractivity contribution in [3.05, 3.63) is 101 Å². The first-order valence-electron chi connectivity index (χ1n) is 12.2. The zero-order chi connectivity index (χ0) is 30.1. The maximum atomic E-state index is 13.8. The van der Waals surface area contributed by atoms with Gasteiger partial charge in [0.25, 0.3) is 5.91 Å². The maximum Gasteiger partial charge on any atom is 0.416 e. The zero-order valence-electron chi connectivity index (χ0n) is 22.0. The summed E-state index contributed by atoms with van der Waals surface area (Å²) in [6.07, 6.45) is -7.71. The number of hydrogen-bond acceptors (Lipinski definition) is 3. The molecule has 12 heteroatoms. The Hall–Kier alpha value is -4.61. The number of likely N-dealkylation sites (N-methyl/N-ethyl adjacent to an activating group) is 1. The number of H-pyrrole nitrogens is 1. The molecule has 1 atom stereocenters. The van der Waals surface area contributed by atoms with Crippen LogP contribution in [0.1, 0.15) is 38.8 Å². The SMILES string of the molecule is Cc1[nH]ncc1-c1ccc(-c2ccc(C(F)(F)F)cc2)c(C(=O)NC(C(=O)N(C)C)c2cccc(C(F)(F)F)c2)c1. The first-order chi connectivity index (χ1) is 19.2. The molecule has 214 valence electrons. The fourth-order valence-corrected chi connectivity index (χ4v) is 4.28. The first-order valence-corrected chi connectivity index (χ1v) is 12.2. The summed E-state index contributed by atoms with van der Waals surface area (Å²) in [4.78, 5) is 28.0. The van der Waals surface area contributed by atoms with E-state index in [9.17, 15) is 35.9 Å². The van der Waals surface area contributed by atoms with Crippen LogP contribution in [0.15, 0.2) is 72.9 Å². The summed E-state index contributed by atoms with van der Waals surface area (Å²) in [7, 11) is 2.79. The van der Waals surface area contributed by atoms with Crippen LogP contribution in [0.25, 0.3) is 22.3 Å². The van der Waals surface area contributed by atoms with E-state index in [2.05, 4.69) is 15.5 Å². The first kappa shape index (κ1) is 29.4. The van der Waals surface area contributed by atoms with Crippen LogP contribution in [0.5, 0.6) is 0 Å². The molecule has 0 aliphatic heterocycles. The molecule has 1 aromatic heterocycles. The summed E-state index contributed by atoms with van der Waals surface area (Å²) in [6, 6.07) is 11.5. The van der Waals surface area contributed by atoms with Crippen molar-refractivity contribution in [3.8, 4) is 22.3 Å². The topological polar surface area (TPSA) is 78.1 Å². The summed E-state index contributed by atoms with van der Waals surface area (Å²) < 4.78 is 79.7. The van der Waals surface area contributed by atoms with Crippen molar-refractivity contribution in [1.29, 1.82) is 0 Å². The minimum absolute atomic E-state index is 0.00797. The van der Waals surface area contributed by atoms with E-state index >= 15 is 0 Å². The molecule has 3 aromatic carbocycles. The largest absolute Gasteiger partial charge is 0.416 e. The van der Waals surface area contributed by atoms with Gasteiger partial charge in [0.1, 0.15) is 6.04 Å². The van der Waals surface area contributed by atoms with Gasteiger partial charge in [-0.15, -0.1) is 0 Å². The predicted octanol–water partition coefficient (Wildman–Crippen LogP) is 6.65. The number of aromatic nitrogens is 2. The Kier molecular flexibility index (Phi) is 7.96. The van der Waals surface area contributed by atoms with Gasteiger partial charge in [0.05, 0.1) is 17.3 Å². The molecule has 1 heterocycles. The molecule has 2 N–H and O–H groups in total. The molecule has 0 fully saturated rings. The summed E-state index contributed by atoms with van der Waals surface area (Å²) in [5.41, 5.74) is 0.444. The van der Waals surface area contributed by atoms with E-state index in [1.807, 2.05) is 0 Å². The lowest BCUT2D eigenvalue weighted by Crippen LogP contribution is -2.40. The van der Waals surface area contributed by atoms with Crippen LogP contribution in [-0.2, 0) is 17.1 Å². The molecule has 0 bridgehead atoms. The molecule has 0 radical (unpaired) electrons. The van der Waals surface area contributed by atoms with Crippen molar-refractivity contribution in [2.75, 3.05) is 14.1 Å². The highest BCUT2D eigenvalue weighted by Gasteiger charge is 2.33. The number of rotatable bonds is 6. The third kappa shape index (κ3) is 6.42. The molecule has 2 amide bonds. The standard InChI is InChI=1S/C29H24F6N4O2/c1-16-24(15-36-38-16)18-9-12-22(17-7-10-20(11-8-17)28(30,31)32)23(14-18)26(40)37-25(27(41)39(2)3)19-5-4-6-21(13-19)29(33,34)35/h4-15,25H,1-3H3,(H,36,38)(H,37,40). The van der Waals surface area contributed by atoms with Crippen LogP contribution in [0.2, 0.25) is 0 Å². The average Bonchev–Trinajstić information content (AvgIpc) is 3.35. The number of carbonyl (C=O) groups excluding carboxylic acids is 2. The quantitative estimate of drug-likeness (QED) is 0.253. The highest BCUT2D eigenvalue weighted by Crippen LogP contribution is 2.35. The molecule has 0 spiro atoms. The predicted molar refractivity (Wildman–Crippen MR) is 140 cm³/mol. The molecular formula is C29H24F6N4O2. The second-order valence-corrected chi connectivity index (χ2v) is 9.51. The van der Waals surface area contributed by atoms with Gasteiger partial charge in [-0.1, -0.05) is 36.4 Å². The number of halogens is 6. The molecular weight excluding hydrogens is 550 g/mol. The van der Waals surface area contributed by atoms with Crippen LogP contribution in [0, 0.1) is 6.92 Å². The lowest BCUT2D eigenvalue weighted by molar-refractivity contribution is -0.138. The Labute approximate surface area is 231 Å². The van der Waals surface area contributed by atoms with E-state index < -0.39 is 41.3 Å². The van der Waals surface area contributed by atoms with Crippen LogP contribution in [-0.4, -0.2) is 41.0 Å². The Balaban J connectivity index is 1.81. The summed E-state index contributed by atoms with van der Waals surface area (Å²) in [5.74, 6) is -1.50. The number of aromatic amines is 1. The van der Waals surface area contributed by atoms with E-state index in [0.29, 0.717) is 16.8 Å². The van der Waals surface area contributed by atoms with E-state index in [1.165, 1.54) is 44.6 Å². The van der Waals surface area contributed by atoms with Gasteiger partial charge in [-0.25, -0.2) is 0 Å². The van der Waals surface area contributed by atoms with Gasteiger partial charge in [-0.05, 0) is 59.5 Å². The van der Waals surface area contributed by atoms with E-state index in [1.54, 1.807) is 19.1 Å². The van der Waals surface area contributed by atoms with Crippen molar-refractivity contribution in [2.45, 2.75) is 25.3 Å². The smallest absolute Gasteiger partial charge is 0.347 e. The number of nitrogens with zero attached hydrogens (tertiary/aromatic N) is 2. The number of benzene rings is 3. The van der Waals surface area contributed by atoms with Gasteiger partial charge in [-0.3, -0.25) is 14.7 Å². The molecule has 1 unspecified atom stereocenters. The van der Waals surface area contributed by atoms with E-state index in [4.69, 9.17) is 0 Å². The van der Waals surface area contributed by atoms with Gasteiger partial charge in [0.15, 0.2) is 0 Å². The summed E-state index contributed by atoms with van der Waals surface area (Å²) >= 11 is 0. The molecule has 0 aliphatic carbocycles. The Morgan fingerprint density at radius 3 is 2.02 bits per heavy atom.